The van der Waals surface area contributed by atoms with Crippen molar-refractivity contribution in [3.05, 3.63) is 119 Å². The lowest BCUT2D eigenvalue weighted by Crippen LogP contribution is -2.47. The number of nitrogens with zero attached hydrogens (tertiary/aromatic N) is 4. The van der Waals surface area contributed by atoms with Crippen molar-refractivity contribution in [2.75, 3.05) is 101 Å². The molecule has 7 rings (SSSR count). The van der Waals surface area contributed by atoms with Crippen LogP contribution in [-0.4, -0.2) is 144 Å². The van der Waals surface area contributed by atoms with Gasteiger partial charge in [0.1, 0.15) is 16.9 Å². The fourth-order valence-corrected chi connectivity index (χ4v) is 14.9. The van der Waals surface area contributed by atoms with Crippen LogP contribution in [0.4, 0.5) is 24.5 Å². The lowest BCUT2D eigenvalue weighted by molar-refractivity contribution is -0.0436. The van der Waals surface area contributed by atoms with Gasteiger partial charge in [0.15, 0.2) is 4.90 Å². The Bertz CT molecular complexity index is 2880. The fraction of sp³-hybridized carbons (Fsp3) is 0.481. The quantitative estimate of drug-likeness (QED) is 0.0561. The molecule has 1 unspecified atom stereocenters. The number of amides is 1. The van der Waals surface area contributed by atoms with Gasteiger partial charge in [-0.25, -0.2) is 21.6 Å². The van der Waals surface area contributed by atoms with E-state index in [2.05, 4.69) is 46.0 Å². The molecule has 0 radical (unpaired) electrons. The molecule has 2 atom stereocenters. The fourth-order valence-electron chi connectivity index (χ4n) is 9.72. The van der Waals surface area contributed by atoms with E-state index in [-0.39, 0.29) is 42.7 Å². The van der Waals surface area contributed by atoms with E-state index in [0.29, 0.717) is 61.8 Å². The summed E-state index contributed by atoms with van der Waals surface area (Å²) < 4.78 is 137. The molecule has 3 aliphatic rings. The van der Waals surface area contributed by atoms with Crippen molar-refractivity contribution in [3.63, 3.8) is 0 Å². The van der Waals surface area contributed by atoms with Gasteiger partial charge in [-0.1, -0.05) is 61.4 Å². The van der Waals surface area contributed by atoms with Crippen LogP contribution in [-0.2, 0) is 44.6 Å². The minimum atomic E-state index is -6.20. The maximum Gasteiger partial charge on any atom is 0.501 e. The van der Waals surface area contributed by atoms with Crippen molar-refractivity contribution in [1.29, 1.82) is 0 Å². The highest BCUT2D eigenvalue weighted by Gasteiger charge is 2.49. The Hall–Kier alpha value is -3.99. The Balaban J connectivity index is 1.02. The number of rotatable bonds is 22. The van der Waals surface area contributed by atoms with Gasteiger partial charge >= 0.3 is 13.1 Å². The predicted molar refractivity (Wildman–Crippen MR) is 289 cm³/mol. The lowest BCUT2D eigenvalue weighted by Gasteiger charge is -2.39. The number of halogens is 4. The first-order chi connectivity index (χ1) is 35.5. The SMILES string of the molecule is CCOP(=O)(CN1CCN(CC[C@H](C[S+]([O-])c2ccccc2)Nc2ccc(S(=O)(=O)NC(=O)c3ccc(N4CCN(CC5=C(c6ccc(Cl)cc6)CCC(C)(C)C5)CC4)cc3)cc2S(=O)(=O)C(F)(F)F)CC1)OCC. The van der Waals surface area contributed by atoms with Gasteiger partial charge in [0, 0.05) is 81.7 Å². The van der Waals surface area contributed by atoms with Gasteiger partial charge < -0.3 is 28.7 Å². The number of anilines is 2. The monoisotopic (exact) mass is 1140 g/mol. The minimum Gasteiger partial charge on any atom is -0.611 e. The van der Waals surface area contributed by atoms with Crippen molar-refractivity contribution in [2.45, 2.75) is 79.6 Å². The third kappa shape index (κ3) is 15.6. The Morgan fingerprint density at radius 3 is 2.07 bits per heavy atom. The summed E-state index contributed by atoms with van der Waals surface area (Å²) in [5.41, 5.74) is -1.42. The van der Waals surface area contributed by atoms with Crippen molar-refractivity contribution in [2.24, 2.45) is 5.41 Å². The molecule has 1 amide bonds. The van der Waals surface area contributed by atoms with Crippen LogP contribution in [0.1, 0.15) is 69.3 Å². The van der Waals surface area contributed by atoms with E-state index in [0.717, 1.165) is 56.7 Å². The number of alkyl halides is 3. The van der Waals surface area contributed by atoms with E-state index in [1.54, 1.807) is 56.3 Å². The number of allylic oxidation sites excluding steroid dienone is 1. The van der Waals surface area contributed by atoms with Gasteiger partial charge in [0.25, 0.3) is 25.8 Å². The van der Waals surface area contributed by atoms with E-state index >= 15 is 0 Å². The predicted octanol–water partition coefficient (Wildman–Crippen LogP) is 9.36. The summed E-state index contributed by atoms with van der Waals surface area (Å²) in [6.07, 6.45) is 3.40. The van der Waals surface area contributed by atoms with Crippen LogP contribution in [0.5, 0.6) is 0 Å². The molecule has 23 heteroatoms. The van der Waals surface area contributed by atoms with Gasteiger partial charge in [-0.2, -0.15) is 13.2 Å². The summed E-state index contributed by atoms with van der Waals surface area (Å²) >= 11 is 4.51. The molecule has 0 spiro atoms. The summed E-state index contributed by atoms with van der Waals surface area (Å²) in [6.45, 7) is 14.8. The molecule has 0 saturated carbocycles. The van der Waals surface area contributed by atoms with E-state index in [1.807, 2.05) is 21.8 Å². The van der Waals surface area contributed by atoms with Crippen LogP contribution in [0.2, 0.25) is 5.02 Å². The van der Waals surface area contributed by atoms with E-state index in [4.69, 9.17) is 20.6 Å². The maximum absolute atomic E-state index is 14.4. The normalized spacial score (nSPS) is 18.4. The molecule has 1 aliphatic carbocycles. The smallest absolute Gasteiger partial charge is 0.501 e. The first-order valence-corrected chi connectivity index (χ1v) is 31.5. The zero-order valence-corrected chi connectivity index (χ0v) is 46.8. The van der Waals surface area contributed by atoms with Gasteiger partial charge in [0.2, 0.25) is 0 Å². The molecule has 2 fully saturated rings. The third-order valence-electron chi connectivity index (χ3n) is 13.7. The number of nitrogens with one attached hydrogen (secondary N) is 2. The van der Waals surface area contributed by atoms with Gasteiger partial charge in [-0.3, -0.25) is 19.2 Å². The summed E-state index contributed by atoms with van der Waals surface area (Å²) in [5, 5.41) is 3.57. The largest absolute Gasteiger partial charge is 0.611 e. The molecular formula is C52H67ClF3N6O9PS3. The van der Waals surface area contributed by atoms with Crippen molar-refractivity contribution in [3.8, 4) is 0 Å². The molecule has 0 aromatic heterocycles. The molecule has 2 heterocycles. The van der Waals surface area contributed by atoms with Crippen molar-refractivity contribution >= 4 is 73.1 Å². The molecule has 2 saturated heterocycles. The van der Waals surface area contributed by atoms with Crippen LogP contribution < -0.4 is 14.9 Å². The number of hydrogen-bond acceptors (Lipinski definition) is 14. The molecule has 4 aromatic carbocycles. The van der Waals surface area contributed by atoms with Crippen LogP contribution >= 0.6 is 19.2 Å². The Kier molecular flexibility index (Phi) is 19.7. The molecule has 2 N–H and O–H groups in total. The molecule has 15 nitrogen and oxygen atoms in total. The average Bonchev–Trinajstić information content (AvgIpc) is 3.36. The van der Waals surface area contributed by atoms with Gasteiger partial charge in [-0.15, -0.1) is 0 Å². The molecule has 2 aliphatic heterocycles. The lowest BCUT2D eigenvalue weighted by atomic mass is 9.73. The first-order valence-electron chi connectivity index (χ1n) is 25.1. The van der Waals surface area contributed by atoms with Gasteiger partial charge in [-0.05, 0) is 134 Å². The third-order valence-corrected chi connectivity index (χ3v) is 20.4. The number of benzene rings is 4. The first kappa shape index (κ1) is 58.7. The zero-order chi connectivity index (χ0) is 54.2. The van der Waals surface area contributed by atoms with Crippen LogP contribution in [0.15, 0.2) is 117 Å². The Labute approximate surface area is 447 Å². The Morgan fingerprint density at radius 2 is 1.45 bits per heavy atom. The number of piperazine rings is 2. The topological polar surface area (TPSA) is 181 Å². The zero-order valence-electron chi connectivity index (χ0n) is 42.7. The van der Waals surface area contributed by atoms with Crippen molar-refractivity contribution in [1.82, 2.24) is 19.4 Å². The standard InChI is InChI=1S/C52H67ClF3N6O9PS3/c1-5-70-72(64,71-6-2)38-61-28-26-59(27-29-61)25-23-43(37-73(65)45-10-8-7-9-11-45)57-48-21-20-46(34-49(48)74(66,67)52(54,55)56)75(68,69)58-50(63)40-14-18-44(19-15-40)62-32-30-60(31-33-62)36-41-35-51(3,4)24-22-47(41)39-12-16-42(53)17-13-39/h7-21,34,43,57H,5-6,22-33,35-38H2,1-4H3,(H,58,63)/t43-,73?/m1/s1. The summed E-state index contributed by atoms with van der Waals surface area (Å²) in [4.78, 5) is 20.3. The summed E-state index contributed by atoms with van der Waals surface area (Å²) in [5.74, 6) is -1.22. The van der Waals surface area contributed by atoms with Crippen LogP contribution in [0.3, 0.4) is 0 Å². The second kappa shape index (κ2) is 25.2. The highest BCUT2D eigenvalue weighted by atomic mass is 35.5. The maximum atomic E-state index is 14.4. The number of carbonyl (C=O) groups is 1. The number of hydrogen-bond donors (Lipinski definition) is 2. The second-order valence-electron chi connectivity index (χ2n) is 19.8. The van der Waals surface area contributed by atoms with Gasteiger partial charge in [0.05, 0.1) is 29.8 Å². The summed E-state index contributed by atoms with van der Waals surface area (Å²) in [7, 11) is -14.5. The average molecular weight is 1140 g/mol. The number of sulfonamides is 1. The van der Waals surface area contributed by atoms with E-state index < -0.39 is 71.6 Å². The molecule has 4 aromatic rings. The molecule has 75 heavy (non-hydrogen) atoms. The second-order valence-corrected chi connectivity index (χ2v) is 27.3. The summed E-state index contributed by atoms with van der Waals surface area (Å²) in [6, 6.07) is 24.0. The highest BCUT2D eigenvalue weighted by Crippen LogP contribution is 2.49. The molecule has 410 valence electrons. The molecular weight excluding hydrogens is 1070 g/mol. The van der Waals surface area contributed by atoms with Crippen LogP contribution in [0, 0.1) is 5.41 Å². The van der Waals surface area contributed by atoms with E-state index in [1.165, 1.54) is 28.8 Å². The van der Waals surface area contributed by atoms with Crippen molar-refractivity contribution < 1.29 is 53.0 Å². The van der Waals surface area contributed by atoms with E-state index in [9.17, 15) is 43.9 Å². The molecule has 0 bridgehead atoms. The minimum absolute atomic E-state index is 0.0457. The highest BCUT2D eigenvalue weighted by molar-refractivity contribution is 7.92. The number of carbonyl (C=O) groups excluding carboxylic acids is 1. The number of sulfone groups is 1. The van der Waals surface area contributed by atoms with Crippen LogP contribution in [0.25, 0.3) is 5.57 Å². The Morgan fingerprint density at radius 1 is 0.840 bits per heavy atom.